The molecule has 3 unspecified atom stereocenters. The number of ether oxygens (including phenoxy) is 2. The molecule has 3 atom stereocenters. The van der Waals surface area contributed by atoms with E-state index in [4.69, 9.17) is 9.47 Å². The van der Waals surface area contributed by atoms with Gasteiger partial charge in [-0.05, 0) is 26.2 Å². The largest absolute Gasteiger partial charge is 0.466 e. The zero-order valence-electron chi connectivity index (χ0n) is 13.4. The van der Waals surface area contributed by atoms with Crippen LogP contribution in [0.2, 0.25) is 0 Å². The van der Waals surface area contributed by atoms with Gasteiger partial charge in [0.05, 0.1) is 6.61 Å². The number of carbonyl (C=O) groups is 1. The molecule has 0 fully saturated rings. The third-order valence-corrected chi connectivity index (χ3v) is 5.90. The molecule has 20 heavy (non-hydrogen) atoms. The van der Waals surface area contributed by atoms with E-state index in [1.807, 2.05) is 13.8 Å². The van der Waals surface area contributed by atoms with Crippen molar-refractivity contribution in [3.05, 3.63) is 0 Å². The number of hydrogen-bond acceptors (Lipinski definition) is 4. The summed E-state index contributed by atoms with van der Waals surface area (Å²) in [5.74, 6) is -0.368. The van der Waals surface area contributed by atoms with Crippen LogP contribution in [0.4, 0.5) is 0 Å². The van der Waals surface area contributed by atoms with Crippen molar-refractivity contribution in [3.8, 4) is 0 Å². The second-order valence-corrected chi connectivity index (χ2v) is 7.52. The van der Waals surface area contributed by atoms with Gasteiger partial charge in [-0.1, -0.05) is 33.6 Å². The topological polar surface area (TPSA) is 52.6 Å². The number of hydrogen-bond donors (Lipinski definition) is 0. The van der Waals surface area contributed by atoms with Crippen molar-refractivity contribution in [2.75, 3.05) is 13.2 Å². The first-order chi connectivity index (χ1) is 9.56. The van der Waals surface area contributed by atoms with E-state index in [0.717, 1.165) is 25.7 Å². The molecule has 120 valence electrons. The van der Waals surface area contributed by atoms with E-state index in [9.17, 15) is 9.36 Å². The maximum Gasteiger partial charge on any atom is 0.305 e. The minimum absolute atomic E-state index is 0.103. The fraction of sp³-hybridized carbons (Fsp3) is 0.933. The summed E-state index contributed by atoms with van der Waals surface area (Å²) >= 11 is 0. The summed E-state index contributed by atoms with van der Waals surface area (Å²) < 4.78 is 23.1. The highest BCUT2D eigenvalue weighted by Gasteiger charge is 2.21. The quantitative estimate of drug-likeness (QED) is 0.308. The van der Waals surface area contributed by atoms with Crippen LogP contribution in [-0.2, 0) is 18.8 Å². The van der Waals surface area contributed by atoms with Gasteiger partial charge in [-0.25, -0.2) is 0 Å². The van der Waals surface area contributed by atoms with Crippen LogP contribution in [-0.4, -0.2) is 30.7 Å². The standard InChI is InChI=1S/C15H31O4P/c1-5-8-9-11-18-13(4)20(17)14(6-2)10-12-19-15(16)7-3/h13-14,20H,5-12H2,1-4H3. The molecule has 0 amide bonds. The smallest absolute Gasteiger partial charge is 0.305 e. The summed E-state index contributed by atoms with van der Waals surface area (Å²) in [7, 11) is -1.81. The lowest BCUT2D eigenvalue weighted by atomic mass is 10.2. The molecule has 0 aliphatic carbocycles. The molecule has 0 aliphatic rings. The zero-order valence-corrected chi connectivity index (χ0v) is 14.4. The van der Waals surface area contributed by atoms with Crippen molar-refractivity contribution in [3.63, 3.8) is 0 Å². The molecule has 0 spiro atoms. The van der Waals surface area contributed by atoms with Gasteiger partial charge in [0, 0.05) is 18.7 Å². The van der Waals surface area contributed by atoms with E-state index in [1.165, 1.54) is 0 Å². The lowest BCUT2D eigenvalue weighted by Gasteiger charge is -2.20. The summed E-state index contributed by atoms with van der Waals surface area (Å²) in [6.07, 6.45) is 5.24. The molecule has 0 rings (SSSR count). The average molecular weight is 306 g/mol. The van der Waals surface area contributed by atoms with Crippen LogP contribution in [0.3, 0.4) is 0 Å². The van der Waals surface area contributed by atoms with Gasteiger partial charge in [0.2, 0.25) is 0 Å². The summed E-state index contributed by atoms with van der Waals surface area (Å²) in [6.45, 7) is 8.90. The van der Waals surface area contributed by atoms with E-state index in [-0.39, 0.29) is 17.5 Å². The fourth-order valence-electron chi connectivity index (χ4n) is 1.99. The number of rotatable bonds is 12. The minimum atomic E-state index is -1.81. The summed E-state index contributed by atoms with van der Waals surface area (Å²) in [4.78, 5) is 11.1. The van der Waals surface area contributed by atoms with Crippen LogP contribution in [0, 0.1) is 0 Å². The Balaban J connectivity index is 4.01. The molecule has 0 saturated heterocycles. The Morgan fingerprint density at radius 3 is 2.40 bits per heavy atom. The van der Waals surface area contributed by atoms with Crippen LogP contribution in [0.25, 0.3) is 0 Å². The number of esters is 1. The van der Waals surface area contributed by atoms with Crippen molar-refractivity contribution in [2.45, 2.75) is 77.7 Å². The first kappa shape index (κ1) is 19.7. The normalized spacial score (nSPS) is 15.6. The lowest BCUT2D eigenvalue weighted by Crippen LogP contribution is -2.15. The fourth-order valence-corrected chi connectivity index (χ4v) is 3.74. The van der Waals surface area contributed by atoms with Gasteiger partial charge in [0.15, 0.2) is 0 Å². The zero-order chi connectivity index (χ0) is 15.4. The molecule has 5 heteroatoms. The number of unbranched alkanes of at least 4 members (excludes halogenated alkanes) is 2. The van der Waals surface area contributed by atoms with E-state index in [0.29, 0.717) is 26.1 Å². The van der Waals surface area contributed by atoms with E-state index in [1.54, 1.807) is 6.92 Å². The third-order valence-electron chi connectivity index (χ3n) is 3.43. The van der Waals surface area contributed by atoms with Crippen molar-refractivity contribution in [1.29, 1.82) is 0 Å². The van der Waals surface area contributed by atoms with Crippen LogP contribution in [0.5, 0.6) is 0 Å². The highest BCUT2D eigenvalue weighted by molar-refractivity contribution is 7.46. The van der Waals surface area contributed by atoms with Crippen LogP contribution < -0.4 is 0 Å². The van der Waals surface area contributed by atoms with Crippen LogP contribution >= 0.6 is 7.80 Å². The first-order valence-electron chi connectivity index (χ1n) is 7.87. The van der Waals surface area contributed by atoms with E-state index >= 15 is 0 Å². The Morgan fingerprint density at radius 2 is 1.85 bits per heavy atom. The predicted molar refractivity (Wildman–Crippen MR) is 83.9 cm³/mol. The second kappa shape index (κ2) is 12.4. The van der Waals surface area contributed by atoms with Gasteiger partial charge < -0.3 is 14.0 Å². The highest BCUT2D eigenvalue weighted by atomic mass is 31.1. The molecule has 0 aromatic rings. The van der Waals surface area contributed by atoms with Gasteiger partial charge in [-0.2, -0.15) is 0 Å². The van der Waals surface area contributed by atoms with Crippen molar-refractivity contribution in [1.82, 2.24) is 0 Å². The Labute approximate surface area is 124 Å². The Hall–Kier alpha value is -0.340. The third kappa shape index (κ3) is 8.76. The van der Waals surface area contributed by atoms with Crippen molar-refractivity contribution in [2.24, 2.45) is 0 Å². The minimum Gasteiger partial charge on any atom is -0.466 e. The summed E-state index contributed by atoms with van der Waals surface area (Å²) in [5.41, 5.74) is 0.103. The van der Waals surface area contributed by atoms with Crippen LogP contribution in [0.1, 0.15) is 66.2 Å². The average Bonchev–Trinajstić information content (AvgIpc) is 2.46. The van der Waals surface area contributed by atoms with E-state index in [2.05, 4.69) is 6.92 Å². The molecule has 0 N–H and O–H groups in total. The molecule has 0 saturated carbocycles. The molecule has 0 radical (unpaired) electrons. The molecular weight excluding hydrogens is 275 g/mol. The predicted octanol–water partition coefficient (Wildman–Crippen LogP) is 4.22. The monoisotopic (exact) mass is 306 g/mol. The van der Waals surface area contributed by atoms with Gasteiger partial charge in [-0.15, -0.1) is 0 Å². The molecule has 0 aromatic carbocycles. The van der Waals surface area contributed by atoms with Crippen LogP contribution in [0.15, 0.2) is 0 Å². The summed E-state index contributed by atoms with van der Waals surface area (Å²) in [5, 5.41) is 0. The Bertz CT molecular complexity index is 281. The molecule has 0 aromatic heterocycles. The molecule has 0 bridgehead atoms. The first-order valence-corrected chi connectivity index (χ1v) is 9.43. The van der Waals surface area contributed by atoms with Gasteiger partial charge in [0.1, 0.15) is 13.6 Å². The lowest BCUT2D eigenvalue weighted by molar-refractivity contribution is -0.143. The molecule has 4 nitrogen and oxygen atoms in total. The molecular formula is C15H31O4P. The maximum absolute atomic E-state index is 12.4. The van der Waals surface area contributed by atoms with Crippen molar-refractivity contribution >= 4 is 13.8 Å². The van der Waals surface area contributed by atoms with Gasteiger partial charge >= 0.3 is 5.97 Å². The van der Waals surface area contributed by atoms with Gasteiger partial charge in [-0.3, -0.25) is 4.79 Å². The summed E-state index contributed by atoms with van der Waals surface area (Å²) in [6, 6.07) is 0. The second-order valence-electron chi connectivity index (χ2n) is 5.09. The highest BCUT2D eigenvalue weighted by Crippen LogP contribution is 2.38. The molecule has 0 heterocycles. The maximum atomic E-state index is 12.4. The molecule has 0 aliphatic heterocycles. The van der Waals surface area contributed by atoms with E-state index < -0.39 is 7.80 Å². The number of carbonyl (C=O) groups excluding carboxylic acids is 1. The SMILES string of the molecule is CCCCCOC(C)[PH](=O)C(CC)CCOC(=O)CC. The Morgan fingerprint density at radius 1 is 1.15 bits per heavy atom. The van der Waals surface area contributed by atoms with Gasteiger partial charge in [0.25, 0.3) is 0 Å². The van der Waals surface area contributed by atoms with Crippen molar-refractivity contribution < 1.29 is 18.8 Å². The Kier molecular flexibility index (Phi) is 12.2.